The molecule has 3 saturated heterocycles. The summed E-state index contributed by atoms with van der Waals surface area (Å²) in [5.74, 6) is -15.9. The lowest BCUT2D eigenvalue weighted by molar-refractivity contribution is -0.333. The number of amides is 7. The molecule has 14 rings (SSSR count). The number of benzene rings is 6. The molecule has 6 aromatic rings. The van der Waals surface area contributed by atoms with Gasteiger partial charge in [0.15, 0.2) is 41.3 Å². The molecule has 0 radical (unpaired) electrons. The average molecular weight is 1690 g/mol. The lowest BCUT2D eigenvalue weighted by Crippen LogP contribution is -2.64. The van der Waals surface area contributed by atoms with Gasteiger partial charge in [-0.05, 0) is 141 Å². The van der Waals surface area contributed by atoms with E-state index < -0.39 is 250 Å². The van der Waals surface area contributed by atoms with Gasteiger partial charge in [0, 0.05) is 59.4 Å². The van der Waals surface area contributed by atoms with Crippen molar-refractivity contribution in [1.29, 1.82) is 0 Å². The summed E-state index contributed by atoms with van der Waals surface area (Å²) in [6.45, 7) is 8.62. The van der Waals surface area contributed by atoms with E-state index in [-0.39, 0.29) is 63.5 Å². The number of carbonyl (C=O) groups excluding carboxylic acids is 7. The van der Waals surface area contributed by atoms with Gasteiger partial charge in [-0.15, -0.1) is 0 Å². The minimum Gasteiger partial charge on any atom is -0.508 e. The molecule has 0 saturated carbocycles. The molecule has 11 bridgehead atoms. The van der Waals surface area contributed by atoms with Crippen molar-refractivity contribution in [3.05, 3.63) is 148 Å². The summed E-state index contributed by atoms with van der Waals surface area (Å²) in [6, 6.07) is 9.73. The maximum absolute atomic E-state index is 16.5. The first-order valence-corrected chi connectivity index (χ1v) is 38.7. The lowest BCUT2D eigenvalue weighted by atomic mass is 9.86. The highest BCUT2D eigenvalue weighted by Crippen LogP contribution is 2.50. The van der Waals surface area contributed by atoms with Crippen LogP contribution in [0.4, 0.5) is 5.69 Å². The smallest absolute Gasteiger partial charge is 0.330 e. The molecule has 22 atom stereocenters. The number of aromatic hydroxyl groups is 3. The molecule has 37 nitrogen and oxygen atoms in total. The number of carbonyl (C=O) groups is 8. The Labute approximate surface area is 690 Å². The second-order valence-electron chi connectivity index (χ2n) is 31.2. The second kappa shape index (κ2) is 35.7. The zero-order valence-electron chi connectivity index (χ0n) is 65.1. The number of aliphatic hydroxyl groups excluding tert-OH is 6. The van der Waals surface area contributed by atoms with Crippen LogP contribution in [0, 0.1) is 5.92 Å². The molecule has 8 aliphatic heterocycles. The molecule has 23 N–H and O–H groups in total. The van der Waals surface area contributed by atoms with Crippen molar-refractivity contribution in [2.75, 3.05) is 19.0 Å². The number of aliphatic carboxylic acids is 1. The van der Waals surface area contributed by atoms with E-state index in [1.807, 2.05) is 13.8 Å². The number of anilines is 1. The Morgan fingerprint density at radius 1 is 0.681 bits per heavy atom. The quantitative estimate of drug-likeness (QED) is 0.0614. The first kappa shape index (κ1) is 87.6. The Morgan fingerprint density at radius 2 is 1.29 bits per heavy atom. The van der Waals surface area contributed by atoms with Gasteiger partial charge in [-0.25, -0.2) is 4.79 Å². The lowest BCUT2D eigenvalue weighted by Gasteiger charge is -2.47. The molecule has 3 fully saturated rings. The van der Waals surface area contributed by atoms with Gasteiger partial charge in [0.1, 0.15) is 95.5 Å². The standard InChI is InChI=1S/C80H94ClN11O26S/c1-32(2)21-46(92(7)78(119)85-39-11-9-8-10-12-39)71(104)90-60-62(98)37-16-20-49(44(81)23-37)114-51-25-38-24-50(66(51)118-77-67(64(100)63(99)52(31-93)115-77)117-55-30-80(6,84)69(102)34(4)112-55)113-41-17-13-35(14-18-41)65(116-54-29-79(5,83)68(101)33(3)111-54)61-75(108)89-59(76(109)110)43-26-40(94)27-48(96)56(43)42-22-36(15-19-47(42)95)57(72(105)91-61)88-73(106)58(38)87-70(103)45(28-53(82)97)86-74(60)107/h8-20,22-27,32-34,45-46,52,54-55,57-65,67-69,77,93-96,98-102H,21,28-31,83-84H2,1-7H3,(H2,82,97)(H,85,119)(H,86,107)(H,87,103)(H,88,106)(H,89,108)(H,90,104)(H,91,105)(H,109,110)/t33-,34-,45-,46+,52+,54-,55-,57+,58+,59-,60+,61-,62+,63+,64-,65+,67+,68-,69-,77-,79-,80-/m0/s1. The summed E-state index contributed by atoms with van der Waals surface area (Å²) >= 11 is 13.0. The number of para-hydroxylation sites is 1. The number of thiocarbonyl (C=S) groups is 1. The monoisotopic (exact) mass is 1690 g/mol. The number of primary amides is 1. The van der Waals surface area contributed by atoms with Gasteiger partial charge in [-0.3, -0.25) is 33.6 Å². The SMILES string of the molecule is CC(C)C[C@H](C(=O)N[C@H]1C(=O)N[C@@H](CC(N)=O)C(=O)N[C@H]2C(=O)N[C@H]3C(=O)N[C@H](C(=O)N[C@H](C(=O)O)c4cc(O)cc(O)c4-c4cc3ccc4O)[C@H](O[C@H]3C[C@](C)(N)[C@@H](O)[C@H](C)O3)c3ccc(cc3)Oc3cc2cc(c3O[C@@H]2O[C@H](CO)[C@@H](O)[C@H](O)[C@H]2O[C@H]2C[C@](C)(N)[C@@H](O)[C@H](C)O2)Oc2ccc(cc2Cl)[C@H]1O)N(C)C(=S)Nc1ccccc1. The third-order valence-corrected chi connectivity index (χ3v) is 22.2. The van der Waals surface area contributed by atoms with Crippen molar-refractivity contribution in [2.45, 2.75) is 201 Å². The molecule has 39 heteroatoms. The van der Waals surface area contributed by atoms with E-state index in [1.165, 1.54) is 76.0 Å². The van der Waals surface area contributed by atoms with Crippen molar-refractivity contribution in [2.24, 2.45) is 23.1 Å². The topological polar surface area (TPSA) is 578 Å². The Morgan fingerprint density at radius 3 is 1.90 bits per heavy atom. The summed E-state index contributed by atoms with van der Waals surface area (Å²) in [5.41, 5.74) is 14.2. The maximum Gasteiger partial charge on any atom is 0.330 e. The zero-order chi connectivity index (χ0) is 86.3. The van der Waals surface area contributed by atoms with Crippen LogP contribution >= 0.6 is 23.8 Å². The van der Waals surface area contributed by atoms with Crippen LogP contribution in [0.2, 0.25) is 5.02 Å². The van der Waals surface area contributed by atoms with Crippen molar-refractivity contribution in [1.82, 2.24) is 36.8 Å². The number of likely N-dealkylation sites (N-methyl/N-ethyl adjacent to an activating group) is 1. The largest absolute Gasteiger partial charge is 0.508 e. The van der Waals surface area contributed by atoms with Crippen molar-refractivity contribution in [3.8, 4) is 57.1 Å². The van der Waals surface area contributed by atoms with E-state index >= 15 is 28.8 Å². The number of phenolic OH excluding ortho intramolecular Hbond substituents is 3. The highest BCUT2D eigenvalue weighted by atomic mass is 35.5. The van der Waals surface area contributed by atoms with Crippen LogP contribution in [0.25, 0.3) is 11.1 Å². The molecular weight excluding hydrogens is 1600 g/mol. The van der Waals surface area contributed by atoms with Crippen LogP contribution in [0.15, 0.2) is 115 Å². The average Bonchev–Trinajstić information content (AvgIpc) is 0.763. The fraction of sp³-hybridized carbons (Fsp3) is 0.438. The Hall–Kier alpha value is -10.7. The molecule has 7 amide bonds. The van der Waals surface area contributed by atoms with Gasteiger partial charge in [0.25, 0.3) is 0 Å². The Kier molecular flexibility index (Phi) is 26.3. The first-order chi connectivity index (χ1) is 56.2. The summed E-state index contributed by atoms with van der Waals surface area (Å²) < 4.78 is 51.9. The predicted octanol–water partition coefficient (Wildman–Crippen LogP) is 1.80. The summed E-state index contributed by atoms with van der Waals surface area (Å²) in [4.78, 5) is 123. The molecule has 0 aliphatic carbocycles. The highest BCUT2D eigenvalue weighted by Gasteiger charge is 2.53. The molecule has 8 aliphatic rings. The minimum absolute atomic E-state index is 0.0500. The number of hydrogen-bond acceptors (Lipinski definition) is 28. The van der Waals surface area contributed by atoms with Crippen LogP contribution in [0.5, 0.6) is 46.0 Å². The molecule has 638 valence electrons. The predicted molar refractivity (Wildman–Crippen MR) is 422 cm³/mol. The van der Waals surface area contributed by atoms with Gasteiger partial charge in [-0.2, -0.15) is 0 Å². The Balaban J connectivity index is 1.09. The maximum atomic E-state index is 16.5. The number of hydrogen-bond donors (Lipinski definition) is 20. The number of aliphatic hydroxyl groups is 6. The third-order valence-electron chi connectivity index (χ3n) is 21.5. The summed E-state index contributed by atoms with van der Waals surface area (Å²) in [5, 5.41) is 133. The normalized spacial score (nSPS) is 30.6. The summed E-state index contributed by atoms with van der Waals surface area (Å²) in [7, 11) is 1.52. The molecule has 0 unspecified atom stereocenters. The second-order valence-corrected chi connectivity index (χ2v) is 32.0. The number of halogens is 1. The van der Waals surface area contributed by atoms with Crippen molar-refractivity contribution in [3.63, 3.8) is 0 Å². The van der Waals surface area contributed by atoms with Crippen LogP contribution in [0.1, 0.15) is 125 Å². The van der Waals surface area contributed by atoms with Gasteiger partial charge in [0.2, 0.25) is 53.4 Å². The van der Waals surface area contributed by atoms with E-state index in [0.717, 1.165) is 48.5 Å². The number of nitrogens with two attached hydrogens (primary N) is 3. The van der Waals surface area contributed by atoms with Crippen LogP contribution in [0.3, 0.4) is 0 Å². The number of rotatable bonds is 16. The Bertz CT molecular complexity index is 4860. The van der Waals surface area contributed by atoms with Crippen LogP contribution in [-0.4, -0.2) is 225 Å². The summed E-state index contributed by atoms with van der Waals surface area (Å²) in [6.07, 6.45) is -22.8. The van der Waals surface area contributed by atoms with Gasteiger partial charge >= 0.3 is 5.97 Å². The van der Waals surface area contributed by atoms with Gasteiger partial charge in [-0.1, -0.05) is 67.9 Å². The molecule has 6 aromatic carbocycles. The number of nitrogens with zero attached hydrogens (tertiary/aromatic N) is 1. The van der Waals surface area contributed by atoms with E-state index in [9.17, 15) is 60.7 Å². The molecule has 0 spiro atoms. The van der Waals surface area contributed by atoms with E-state index in [1.54, 1.807) is 30.3 Å². The van der Waals surface area contributed by atoms with Crippen molar-refractivity contribution < 1.29 is 127 Å². The number of nitrogens with one attached hydrogen (secondary N) is 7. The van der Waals surface area contributed by atoms with E-state index in [2.05, 4.69) is 37.2 Å². The number of fused-ring (bicyclic) bond motifs is 15. The fourth-order valence-corrected chi connectivity index (χ4v) is 15.6. The van der Waals surface area contributed by atoms with Gasteiger partial charge < -0.3 is 148 Å². The number of phenols is 3. The van der Waals surface area contributed by atoms with Crippen LogP contribution < -0.4 is 68.6 Å². The molecule has 119 heavy (non-hydrogen) atoms. The number of carboxylic acid groups (broad SMARTS) is 1. The first-order valence-electron chi connectivity index (χ1n) is 38.0. The molecular formula is C80H94ClN11O26S. The third kappa shape index (κ3) is 19.2. The molecule has 0 aromatic heterocycles. The zero-order valence-corrected chi connectivity index (χ0v) is 66.7. The van der Waals surface area contributed by atoms with Crippen LogP contribution in [-0.2, 0) is 62.0 Å². The fourth-order valence-electron chi connectivity index (χ4n) is 15.1. The number of ether oxygens (including phenoxy) is 8. The van der Waals surface area contributed by atoms with Crippen molar-refractivity contribution >= 4 is 81.9 Å². The van der Waals surface area contributed by atoms with E-state index in [0.29, 0.717) is 5.69 Å². The minimum atomic E-state index is -2.38. The van der Waals surface area contributed by atoms with E-state index in [4.69, 9.17) is 78.9 Å². The van der Waals surface area contributed by atoms with Gasteiger partial charge in [0.05, 0.1) is 42.5 Å². The molecule has 8 heterocycles. The highest BCUT2D eigenvalue weighted by molar-refractivity contribution is 7.80. The number of carboxylic acids is 1.